The van der Waals surface area contributed by atoms with Gasteiger partial charge in [0.2, 0.25) is 0 Å². The lowest BCUT2D eigenvalue weighted by Crippen LogP contribution is -2.50. The molecule has 0 aromatic carbocycles. The predicted molar refractivity (Wildman–Crippen MR) is 121 cm³/mol. The monoisotopic (exact) mass is 484 g/mol. The maximum atomic E-state index is 5.95. The molecule has 1 unspecified atom stereocenters. The summed E-state index contributed by atoms with van der Waals surface area (Å²) in [5.41, 5.74) is 0. The van der Waals surface area contributed by atoms with E-state index in [-0.39, 0.29) is 24.0 Å². The summed E-state index contributed by atoms with van der Waals surface area (Å²) in [7, 11) is 7.93. The van der Waals surface area contributed by atoms with E-state index in [1.807, 2.05) is 7.05 Å². The van der Waals surface area contributed by atoms with Crippen LogP contribution in [0, 0.1) is 5.92 Å². The molecule has 0 aliphatic carbocycles. The zero-order valence-corrected chi connectivity index (χ0v) is 20.0. The van der Waals surface area contributed by atoms with E-state index in [1.54, 1.807) is 7.11 Å². The largest absolute Gasteiger partial charge is 0.385 e. The van der Waals surface area contributed by atoms with E-state index in [2.05, 4.69) is 48.1 Å². The van der Waals surface area contributed by atoms with Gasteiger partial charge in [-0.1, -0.05) is 13.8 Å². The minimum absolute atomic E-state index is 0. The molecule has 0 radical (unpaired) electrons. The molecule has 0 aromatic heterocycles. The third kappa shape index (κ3) is 10.3. The molecular formula is C19H41IN4O2. The van der Waals surface area contributed by atoms with Crippen molar-refractivity contribution in [2.45, 2.75) is 51.7 Å². The number of guanidine groups is 1. The van der Waals surface area contributed by atoms with E-state index in [9.17, 15) is 0 Å². The first kappa shape index (κ1) is 25.9. The molecule has 26 heavy (non-hydrogen) atoms. The fourth-order valence-electron chi connectivity index (χ4n) is 3.25. The average molecular weight is 484 g/mol. The first-order chi connectivity index (χ1) is 12.0. The SMILES string of the molecule is CN=C(NCC(CC(C)C)N(C)C)N1CCC(OCCCOC)CC1.I. The Morgan fingerprint density at radius 1 is 1.23 bits per heavy atom. The van der Waals surface area contributed by atoms with Gasteiger partial charge in [-0.15, -0.1) is 24.0 Å². The molecule has 1 heterocycles. The summed E-state index contributed by atoms with van der Waals surface area (Å²) >= 11 is 0. The van der Waals surface area contributed by atoms with Crippen molar-refractivity contribution in [2.75, 3.05) is 61.1 Å². The van der Waals surface area contributed by atoms with E-state index in [1.165, 1.54) is 6.42 Å². The number of halogens is 1. The lowest BCUT2D eigenvalue weighted by molar-refractivity contribution is 0.00986. The van der Waals surface area contributed by atoms with Crippen molar-refractivity contribution in [3.8, 4) is 0 Å². The molecule has 1 atom stereocenters. The molecule has 0 saturated carbocycles. The Morgan fingerprint density at radius 2 is 1.88 bits per heavy atom. The molecule has 1 N–H and O–H groups in total. The normalized spacial score (nSPS) is 17.5. The lowest BCUT2D eigenvalue weighted by atomic mass is 10.0. The van der Waals surface area contributed by atoms with Crippen LogP contribution < -0.4 is 5.32 Å². The second-order valence-electron chi connectivity index (χ2n) is 7.58. The van der Waals surface area contributed by atoms with Gasteiger partial charge in [-0.2, -0.15) is 0 Å². The smallest absolute Gasteiger partial charge is 0.193 e. The summed E-state index contributed by atoms with van der Waals surface area (Å²) in [4.78, 5) is 9.15. The van der Waals surface area contributed by atoms with Crippen LogP contribution in [0.2, 0.25) is 0 Å². The fourth-order valence-corrected chi connectivity index (χ4v) is 3.25. The molecule has 0 aromatic rings. The molecule has 0 amide bonds. The average Bonchev–Trinajstić information content (AvgIpc) is 2.59. The Hall–Kier alpha value is -0.120. The Morgan fingerprint density at radius 3 is 2.38 bits per heavy atom. The third-order valence-electron chi connectivity index (χ3n) is 4.77. The molecule has 7 heteroatoms. The number of methoxy groups -OCH3 is 1. The minimum atomic E-state index is 0. The molecule has 1 rings (SSSR count). The number of hydrogen-bond donors (Lipinski definition) is 1. The first-order valence-corrected chi connectivity index (χ1v) is 9.70. The maximum Gasteiger partial charge on any atom is 0.193 e. The number of likely N-dealkylation sites (tertiary alicyclic amines) is 1. The maximum absolute atomic E-state index is 5.95. The highest BCUT2D eigenvalue weighted by atomic mass is 127. The van der Waals surface area contributed by atoms with Crippen LogP contribution in [0.4, 0.5) is 0 Å². The van der Waals surface area contributed by atoms with Crippen molar-refractivity contribution in [3.05, 3.63) is 0 Å². The highest BCUT2D eigenvalue weighted by molar-refractivity contribution is 14.0. The van der Waals surface area contributed by atoms with Gasteiger partial charge in [0, 0.05) is 53.0 Å². The van der Waals surface area contributed by atoms with Gasteiger partial charge in [0.05, 0.1) is 6.10 Å². The van der Waals surface area contributed by atoms with Crippen molar-refractivity contribution >= 4 is 29.9 Å². The van der Waals surface area contributed by atoms with Gasteiger partial charge in [0.25, 0.3) is 0 Å². The molecular weight excluding hydrogens is 443 g/mol. The second-order valence-corrected chi connectivity index (χ2v) is 7.58. The number of nitrogens with zero attached hydrogens (tertiary/aromatic N) is 3. The standard InChI is InChI=1S/C19H40N4O2.HI/c1-16(2)14-17(22(4)5)15-21-19(20-3)23-10-8-18(9-11-23)25-13-7-12-24-6;/h16-18H,7-15H2,1-6H3,(H,20,21);1H. The van der Waals surface area contributed by atoms with E-state index in [4.69, 9.17) is 9.47 Å². The van der Waals surface area contributed by atoms with Gasteiger partial charge in [0.1, 0.15) is 0 Å². The summed E-state index contributed by atoms with van der Waals surface area (Å²) < 4.78 is 11.0. The number of likely N-dealkylation sites (N-methyl/N-ethyl adjacent to an activating group) is 1. The fraction of sp³-hybridized carbons (Fsp3) is 0.947. The Balaban J connectivity index is 0.00000625. The number of aliphatic imine (C=N–C) groups is 1. The molecule has 0 bridgehead atoms. The Bertz CT molecular complexity index is 373. The van der Waals surface area contributed by atoms with Gasteiger partial charge < -0.3 is 24.6 Å². The van der Waals surface area contributed by atoms with E-state index in [0.29, 0.717) is 18.1 Å². The summed E-state index contributed by atoms with van der Waals surface area (Å²) in [5.74, 6) is 1.72. The van der Waals surface area contributed by atoms with Crippen LogP contribution in [0.25, 0.3) is 0 Å². The van der Waals surface area contributed by atoms with Crippen LogP contribution in [0.3, 0.4) is 0 Å². The van der Waals surface area contributed by atoms with E-state index < -0.39 is 0 Å². The summed E-state index contributed by atoms with van der Waals surface area (Å²) in [6.07, 6.45) is 4.67. The Kier molecular flexibility index (Phi) is 14.8. The van der Waals surface area contributed by atoms with Crippen LogP contribution in [-0.2, 0) is 9.47 Å². The molecule has 156 valence electrons. The van der Waals surface area contributed by atoms with Crippen LogP contribution in [0.15, 0.2) is 4.99 Å². The topological polar surface area (TPSA) is 49.3 Å². The quantitative estimate of drug-likeness (QED) is 0.224. The lowest BCUT2D eigenvalue weighted by Gasteiger charge is -2.35. The van der Waals surface area contributed by atoms with Gasteiger partial charge in [-0.3, -0.25) is 4.99 Å². The number of piperidine rings is 1. The van der Waals surface area contributed by atoms with Gasteiger partial charge in [-0.25, -0.2) is 0 Å². The number of nitrogens with one attached hydrogen (secondary N) is 1. The molecule has 1 fully saturated rings. The minimum Gasteiger partial charge on any atom is -0.385 e. The van der Waals surface area contributed by atoms with Crippen molar-refractivity contribution < 1.29 is 9.47 Å². The Labute approximate surface area is 178 Å². The van der Waals surface area contributed by atoms with E-state index >= 15 is 0 Å². The highest BCUT2D eigenvalue weighted by Crippen LogP contribution is 2.14. The first-order valence-electron chi connectivity index (χ1n) is 9.70. The molecule has 1 aliphatic rings. The second kappa shape index (κ2) is 14.9. The predicted octanol–water partition coefficient (Wildman–Crippen LogP) is 2.67. The van der Waals surface area contributed by atoms with Crippen molar-refractivity contribution in [1.29, 1.82) is 0 Å². The van der Waals surface area contributed by atoms with Gasteiger partial charge in [0.15, 0.2) is 5.96 Å². The number of hydrogen-bond acceptors (Lipinski definition) is 4. The zero-order chi connectivity index (χ0) is 18.7. The van der Waals surface area contributed by atoms with Crippen LogP contribution in [0.1, 0.15) is 39.5 Å². The molecule has 6 nitrogen and oxygen atoms in total. The summed E-state index contributed by atoms with van der Waals surface area (Å²) in [6, 6.07) is 0.526. The van der Waals surface area contributed by atoms with Crippen LogP contribution in [0.5, 0.6) is 0 Å². The van der Waals surface area contributed by atoms with Crippen LogP contribution in [-0.4, -0.2) is 89.0 Å². The zero-order valence-electron chi connectivity index (χ0n) is 17.7. The van der Waals surface area contributed by atoms with Crippen molar-refractivity contribution in [3.63, 3.8) is 0 Å². The molecule has 0 spiro atoms. The van der Waals surface area contributed by atoms with Crippen molar-refractivity contribution in [2.24, 2.45) is 10.9 Å². The van der Waals surface area contributed by atoms with Crippen molar-refractivity contribution in [1.82, 2.24) is 15.1 Å². The van der Waals surface area contributed by atoms with E-state index in [0.717, 1.165) is 58.1 Å². The summed E-state index contributed by atoms with van der Waals surface area (Å²) in [6.45, 7) is 9.08. The third-order valence-corrected chi connectivity index (χ3v) is 4.77. The summed E-state index contributed by atoms with van der Waals surface area (Å²) in [5, 5.41) is 3.58. The number of ether oxygens (including phenoxy) is 2. The van der Waals surface area contributed by atoms with Gasteiger partial charge >= 0.3 is 0 Å². The van der Waals surface area contributed by atoms with Crippen LogP contribution >= 0.6 is 24.0 Å². The van der Waals surface area contributed by atoms with Gasteiger partial charge in [-0.05, 0) is 45.7 Å². The highest BCUT2D eigenvalue weighted by Gasteiger charge is 2.22. The molecule has 1 saturated heterocycles. The number of rotatable bonds is 10. The molecule has 1 aliphatic heterocycles.